The molecule has 0 saturated carbocycles. The molecule has 8 amide bonds. The molecule has 0 radical (unpaired) electrons. The van der Waals surface area contributed by atoms with Crippen molar-refractivity contribution < 1.29 is 63.2 Å². The van der Waals surface area contributed by atoms with Crippen molar-refractivity contribution in [1.29, 1.82) is 0 Å². The van der Waals surface area contributed by atoms with Crippen molar-refractivity contribution in [2.45, 2.75) is 129 Å². The Hall–Kier alpha value is -7.49. The van der Waals surface area contributed by atoms with E-state index in [4.69, 9.17) is 4.74 Å². The first-order valence-corrected chi connectivity index (χ1v) is 24.0. The Morgan fingerprint density at radius 3 is 1.75 bits per heavy atom. The fourth-order valence-corrected chi connectivity index (χ4v) is 8.36. The number of rotatable bonds is 17. The van der Waals surface area contributed by atoms with Crippen LogP contribution < -0.4 is 37.2 Å². The lowest BCUT2D eigenvalue weighted by Crippen LogP contribution is -2.63. The highest BCUT2D eigenvalue weighted by Crippen LogP contribution is 2.22. The van der Waals surface area contributed by atoms with E-state index in [1.807, 2.05) is 0 Å². The Morgan fingerprint density at radius 2 is 1.21 bits per heavy atom. The maximum absolute atomic E-state index is 14.3. The van der Waals surface area contributed by atoms with Gasteiger partial charge >= 0.3 is 5.97 Å². The zero-order valence-corrected chi connectivity index (χ0v) is 41.4. The van der Waals surface area contributed by atoms with E-state index < -0.39 is 126 Å². The van der Waals surface area contributed by atoms with Crippen LogP contribution >= 0.6 is 0 Å². The standard InChI is InChI=1S/C50H67N9O13/c1-25(2)38(55-45(66)37-11-9-21-59(37)49(70)40(27(5)6)57-42(63)33-10-8-20-51-33)46(67)56-39(26(3)4)47(68)58-41-28(7)72-50(71)35(23-30-14-18-32(62)19-15-30)53-43(64)34(22-29-12-16-31(61)17-13-29)52-44(65)36(24-60)54-48(41)69/h8,10,12-20,25-28,34-41,51,60-62H,9,11,21-24H2,1-7H3,(H,52,65)(H,53,64)(H,54,69)(H,55,66)(H,56,67)(H,57,63)(H,58,68)/t28-,34+,35+,36-,37+,38+,39-,40+,41?/m1/s1. The number of nitrogens with one attached hydrogen (secondary N) is 8. The molecule has 2 saturated heterocycles. The number of aromatic amines is 1. The fourth-order valence-electron chi connectivity index (χ4n) is 8.36. The number of esters is 1. The normalized spacial score (nSPS) is 22.2. The molecule has 1 unspecified atom stereocenters. The topological polar surface area (TPSA) is 327 Å². The molecule has 390 valence electrons. The molecular formula is C50H67N9O13. The number of phenolic OH excluding ortho intramolecular Hbond substituents is 2. The van der Waals surface area contributed by atoms with Gasteiger partial charge in [-0.05, 0) is 85.0 Å². The summed E-state index contributed by atoms with van der Waals surface area (Å²) in [6.07, 6.45) is 0.485. The Morgan fingerprint density at radius 1 is 0.681 bits per heavy atom. The van der Waals surface area contributed by atoms with Gasteiger partial charge in [0, 0.05) is 25.6 Å². The van der Waals surface area contributed by atoms with Crippen LogP contribution in [0, 0.1) is 17.8 Å². The van der Waals surface area contributed by atoms with E-state index >= 15 is 0 Å². The number of H-pyrrole nitrogens is 1. The number of likely N-dealkylation sites (tertiary alicyclic amines) is 1. The predicted octanol–water partition coefficient (Wildman–Crippen LogP) is -0.185. The molecule has 5 rings (SSSR count). The van der Waals surface area contributed by atoms with Crippen LogP contribution in [0.2, 0.25) is 0 Å². The second kappa shape index (κ2) is 25.1. The molecule has 0 aliphatic carbocycles. The first kappa shape index (κ1) is 55.4. The van der Waals surface area contributed by atoms with Crippen molar-refractivity contribution in [2.24, 2.45) is 17.8 Å². The van der Waals surface area contributed by atoms with E-state index in [2.05, 4.69) is 42.2 Å². The average molecular weight is 1000 g/mol. The number of carbonyl (C=O) groups is 9. The van der Waals surface area contributed by atoms with Crippen LogP contribution in [0.25, 0.3) is 0 Å². The second-order valence-electron chi connectivity index (χ2n) is 19.2. The monoisotopic (exact) mass is 1000 g/mol. The number of nitrogens with zero attached hydrogens (tertiary/aromatic N) is 1. The summed E-state index contributed by atoms with van der Waals surface area (Å²) in [4.78, 5) is 129. The van der Waals surface area contributed by atoms with Gasteiger partial charge in [-0.15, -0.1) is 0 Å². The highest BCUT2D eigenvalue weighted by Gasteiger charge is 2.42. The van der Waals surface area contributed by atoms with Crippen molar-refractivity contribution in [3.63, 3.8) is 0 Å². The third kappa shape index (κ3) is 14.5. The largest absolute Gasteiger partial charge is 0.508 e. The van der Waals surface area contributed by atoms with Gasteiger partial charge in [0.1, 0.15) is 71.6 Å². The number of ether oxygens (including phenoxy) is 1. The number of aromatic hydroxyl groups is 2. The number of phenols is 2. The van der Waals surface area contributed by atoms with Gasteiger partial charge in [-0.1, -0.05) is 65.8 Å². The SMILES string of the molecule is CC(C)[C@H](NC(=O)[C@@H]1CCCN1C(=O)[C@@H](NC(=O)c1ccc[nH]1)C(C)C)C(=O)N[C@@H](C(=O)NC1C(=O)N[C@H](CO)C(=O)N[C@@H](Cc2ccc(O)cc2)C(=O)N[C@@H](Cc2ccc(O)cc2)C(=O)O[C@@H]1C)C(C)C. The van der Waals surface area contributed by atoms with Crippen LogP contribution in [0.3, 0.4) is 0 Å². The van der Waals surface area contributed by atoms with Gasteiger partial charge < -0.3 is 67.2 Å². The van der Waals surface area contributed by atoms with Crippen molar-refractivity contribution in [3.8, 4) is 11.5 Å². The van der Waals surface area contributed by atoms with Crippen LogP contribution in [0.4, 0.5) is 0 Å². The lowest BCUT2D eigenvalue weighted by atomic mass is 9.98. The lowest BCUT2D eigenvalue weighted by Gasteiger charge is -2.32. The molecule has 22 heteroatoms. The number of hydrogen-bond acceptors (Lipinski definition) is 13. The summed E-state index contributed by atoms with van der Waals surface area (Å²) in [5, 5.41) is 48.3. The molecular weight excluding hydrogens is 935 g/mol. The Bertz CT molecular complexity index is 2410. The summed E-state index contributed by atoms with van der Waals surface area (Å²) in [5.74, 6) is -8.90. The molecule has 3 aromatic rings. The molecule has 0 bridgehead atoms. The van der Waals surface area contributed by atoms with Gasteiger partial charge in [0.15, 0.2) is 0 Å². The minimum Gasteiger partial charge on any atom is -0.508 e. The Labute approximate surface area is 417 Å². The number of aromatic nitrogens is 1. The van der Waals surface area contributed by atoms with E-state index in [1.165, 1.54) is 60.4 Å². The molecule has 11 N–H and O–H groups in total. The van der Waals surface area contributed by atoms with Gasteiger partial charge in [-0.2, -0.15) is 0 Å². The molecule has 22 nitrogen and oxygen atoms in total. The van der Waals surface area contributed by atoms with Crippen molar-refractivity contribution in [3.05, 3.63) is 83.7 Å². The van der Waals surface area contributed by atoms with Crippen molar-refractivity contribution >= 4 is 53.2 Å². The Kier molecular flexibility index (Phi) is 19.3. The number of aliphatic hydroxyl groups excluding tert-OH is 1. The summed E-state index contributed by atoms with van der Waals surface area (Å²) >= 11 is 0. The molecule has 9 atom stereocenters. The lowest BCUT2D eigenvalue weighted by molar-refractivity contribution is -0.156. The fraction of sp³-hybridized carbons (Fsp3) is 0.500. The van der Waals surface area contributed by atoms with E-state index in [0.717, 1.165) is 0 Å². The third-order valence-electron chi connectivity index (χ3n) is 12.5. The predicted molar refractivity (Wildman–Crippen MR) is 259 cm³/mol. The summed E-state index contributed by atoms with van der Waals surface area (Å²) in [6, 6.07) is 3.89. The number of aliphatic hydroxyl groups is 1. The van der Waals surface area contributed by atoms with Gasteiger partial charge in [-0.3, -0.25) is 38.4 Å². The third-order valence-corrected chi connectivity index (χ3v) is 12.5. The quantitative estimate of drug-likeness (QED) is 0.0783. The van der Waals surface area contributed by atoms with Crippen LogP contribution in [0.5, 0.6) is 11.5 Å². The number of hydrogen-bond donors (Lipinski definition) is 11. The summed E-state index contributed by atoms with van der Waals surface area (Å²) < 4.78 is 5.78. The van der Waals surface area contributed by atoms with Gasteiger partial charge in [-0.25, -0.2) is 4.79 Å². The van der Waals surface area contributed by atoms with Gasteiger partial charge in [0.25, 0.3) is 5.91 Å². The first-order chi connectivity index (χ1) is 34.1. The summed E-state index contributed by atoms with van der Waals surface area (Å²) in [7, 11) is 0. The molecule has 2 aromatic carbocycles. The zero-order chi connectivity index (χ0) is 53.0. The maximum Gasteiger partial charge on any atom is 0.329 e. The molecule has 2 fully saturated rings. The van der Waals surface area contributed by atoms with Gasteiger partial charge in [0.2, 0.25) is 41.4 Å². The number of carbonyl (C=O) groups excluding carboxylic acids is 9. The molecule has 1 aromatic heterocycles. The Balaban J connectivity index is 1.35. The van der Waals surface area contributed by atoms with E-state index in [0.29, 0.717) is 17.5 Å². The maximum atomic E-state index is 14.3. The van der Waals surface area contributed by atoms with Crippen LogP contribution in [-0.2, 0) is 55.9 Å². The average Bonchev–Trinajstić information content (AvgIpc) is 4.07. The molecule has 3 heterocycles. The minimum atomic E-state index is -1.77. The zero-order valence-electron chi connectivity index (χ0n) is 41.4. The van der Waals surface area contributed by atoms with Crippen molar-refractivity contribution in [1.82, 2.24) is 47.1 Å². The minimum absolute atomic E-state index is 0.0557. The highest BCUT2D eigenvalue weighted by molar-refractivity contribution is 6.00. The first-order valence-electron chi connectivity index (χ1n) is 24.0. The van der Waals surface area contributed by atoms with Crippen LogP contribution in [0.15, 0.2) is 66.9 Å². The van der Waals surface area contributed by atoms with E-state index in [-0.39, 0.29) is 48.9 Å². The molecule has 0 spiro atoms. The van der Waals surface area contributed by atoms with Crippen LogP contribution in [0.1, 0.15) is 82.9 Å². The van der Waals surface area contributed by atoms with E-state index in [9.17, 15) is 58.5 Å². The van der Waals surface area contributed by atoms with Crippen molar-refractivity contribution in [2.75, 3.05) is 13.2 Å². The smallest absolute Gasteiger partial charge is 0.329 e. The van der Waals surface area contributed by atoms with Gasteiger partial charge in [0.05, 0.1) is 6.61 Å². The number of cyclic esters (lactones) is 1. The summed E-state index contributed by atoms with van der Waals surface area (Å²) in [6.45, 7) is 10.7. The number of benzene rings is 2. The highest BCUT2D eigenvalue weighted by atomic mass is 16.5. The number of amides is 8. The summed E-state index contributed by atoms with van der Waals surface area (Å²) in [5.41, 5.74) is 1.23. The van der Waals surface area contributed by atoms with E-state index in [1.54, 1.807) is 59.9 Å². The second-order valence-corrected chi connectivity index (χ2v) is 19.2. The van der Waals surface area contributed by atoms with Crippen LogP contribution in [-0.4, -0.2) is 146 Å². The molecule has 2 aliphatic rings. The molecule has 2 aliphatic heterocycles. The molecule has 72 heavy (non-hydrogen) atoms.